The third kappa shape index (κ3) is 2.08. The summed E-state index contributed by atoms with van der Waals surface area (Å²) in [5.74, 6) is 0. The molecule has 1 amide bonds. The number of fused-ring (bicyclic) bond motifs is 3. The van der Waals surface area contributed by atoms with E-state index in [1.807, 2.05) is 12.2 Å². The summed E-state index contributed by atoms with van der Waals surface area (Å²) in [6.45, 7) is 2.18. The van der Waals surface area contributed by atoms with Crippen molar-refractivity contribution in [3.63, 3.8) is 0 Å². The minimum Gasteiger partial charge on any atom is -0.449 e. The molecular weight excluding hydrogens is 238 g/mol. The van der Waals surface area contributed by atoms with Crippen LogP contribution in [0, 0.1) is 0 Å². The van der Waals surface area contributed by atoms with E-state index in [1.54, 1.807) is 19.3 Å². The number of amides is 1. The Labute approximate surface area is 111 Å². The Hall–Kier alpha value is -2.29. The zero-order chi connectivity index (χ0) is 13.2. The highest BCUT2D eigenvalue weighted by Crippen LogP contribution is 2.14. The first-order valence-electron chi connectivity index (χ1n) is 6.44. The van der Waals surface area contributed by atoms with E-state index in [1.165, 1.54) is 15.3 Å². The van der Waals surface area contributed by atoms with E-state index >= 15 is 0 Å². The van der Waals surface area contributed by atoms with Crippen LogP contribution in [0.3, 0.4) is 0 Å². The number of carbonyl (C=O) groups excluding carboxylic acids is 1. The molecule has 3 rings (SSSR count). The van der Waals surface area contributed by atoms with Crippen molar-refractivity contribution in [1.82, 2.24) is 4.90 Å². The van der Waals surface area contributed by atoms with Gasteiger partial charge in [0.15, 0.2) is 0 Å². The Balaban J connectivity index is 2.04. The number of carbonyl (C=O) groups is 1. The van der Waals surface area contributed by atoms with Crippen LogP contribution in [0.4, 0.5) is 4.79 Å². The fraction of sp³-hybridized carbons (Fsp3) is 0.188. The van der Waals surface area contributed by atoms with Gasteiger partial charge < -0.3 is 4.74 Å². The van der Waals surface area contributed by atoms with Gasteiger partial charge in [-0.25, -0.2) is 4.79 Å². The first-order chi connectivity index (χ1) is 9.29. The summed E-state index contributed by atoms with van der Waals surface area (Å²) in [7, 11) is 0. The smallest absolute Gasteiger partial charge is 0.417 e. The molecule has 0 N–H and O–H groups in total. The number of ether oxygens (including phenoxy) is 1. The molecule has 1 heterocycles. The van der Waals surface area contributed by atoms with Crippen molar-refractivity contribution >= 4 is 30.4 Å². The Morgan fingerprint density at radius 2 is 2.11 bits per heavy atom. The fourth-order valence-corrected chi connectivity index (χ4v) is 2.40. The lowest BCUT2D eigenvalue weighted by molar-refractivity contribution is 0.134. The summed E-state index contributed by atoms with van der Waals surface area (Å²) < 4.78 is 5.00. The van der Waals surface area contributed by atoms with Gasteiger partial charge in [0.05, 0.1) is 6.61 Å². The summed E-state index contributed by atoms with van der Waals surface area (Å²) in [6, 6.07) is 4.20. The van der Waals surface area contributed by atoms with Gasteiger partial charge in [0.1, 0.15) is 0 Å². The number of hydrogen-bond donors (Lipinski definition) is 0. The monoisotopic (exact) mass is 253 g/mol. The van der Waals surface area contributed by atoms with E-state index < -0.39 is 0 Å². The molecule has 1 aromatic rings. The molecule has 0 bridgehead atoms. The van der Waals surface area contributed by atoms with E-state index in [2.05, 4.69) is 24.3 Å². The van der Waals surface area contributed by atoms with Crippen LogP contribution in [0.5, 0.6) is 0 Å². The topological polar surface area (TPSA) is 29.5 Å². The second-order valence-electron chi connectivity index (χ2n) is 4.45. The molecule has 0 aromatic heterocycles. The molecule has 0 saturated carbocycles. The molecular formula is C16H15NO2. The molecule has 2 aliphatic rings. The normalized spacial score (nSPS) is 15.1. The summed E-state index contributed by atoms with van der Waals surface area (Å²) in [5.41, 5.74) is 2.28. The van der Waals surface area contributed by atoms with Crippen LogP contribution in [0.2, 0.25) is 0 Å². The first kappa shape index (κ1) is 11.8. The second-order valence-corrected chi connectivity index (χ2v) is 4.45. The largest absolute Gasteiger partial charge is 0.449 e. The van der Waals surface area contributed by atoms with E-state index in [9.17, 15) is 4.79 Å². The Morgan fingerprint density at radius 3 is 2.95 bits per heavy atom. The zero-order valence-corrected chi connectivity index (χ0v) is 10.8. The number of rotatable bonds is 1. The van der Waals surface area contributed by atoms with Crippen molar-refractivity contribution in [3.8, 4) is 0 Å². The van der Waals surface area contributed by atoms with Gasteiger partial charge in [0, 0.05) is 12.4 Å². The predicted molar refractivity (Wildman–Crippen MR) is 76.2 cm³/mol. The molecule has 19 heavy (non-hydrogen) atoms. The quantitative estimate of drug-likeness (QED) is 0.766. The van der Waals surface area contributed by atoms with Crippen molar-refractivity contribution in [3.05, 3.63) is 46.1 Å². The van der Waals surface area contributed by atoms with Crippen molar-refractivity contribution in [2.24, 2.45) is 0 Å². The van der Waals surface area contributed by atoms with E-state index in [0.29, 0.717) is 6.61 Å². The van der Waals surface area contributed by atoms with Crippen LogP contribution < -0.4 is 10.4 Å². The van der Waals surface area contributed by atoms with Crippen molar-refractivity contribution in [2.75, 3.05) is 6.61 Å². The molecule has 3 heteroatoms. The van der Waals surface area contributed by atoms with Gasteiger partial charge >= 0.3 is 6.09 Å². The standard InChI is InChI=1S/C16H15NO2/c1-2-19-16(18)17-10-8-13-7-6-12-4-3-5-14(12)15(13)9-11-17/h4-11H,2-3H2,1H3. The molecule has 0 radical (unpaired) electrons. The zero-order valence-electron chi connectivity index (χ0n) is 10.8. The van der Waals surface area contributed by atoms with Gasteiger partial charge in [-0.2, -0.15) is 0 Å². The average Bonchev–Trinajstić information content (AvgIpc) is 2.78. The van der Waals surface area contributed by atoms with Crippen molar-refractivity contribution in [1.29, 1.82) is 0 Å². The van der Waals surface area contributed by atoms with Gasteiger partial charge in [-0.1, -0.05) is 24.3 Å². The van der Waals surface area contributed by atoms with Crippen LogP contribution in [0.15, 0.2) is 24.5 Å². The van der Waals surface area contributed by atoms with Crippen molar-refractivity contribution in [2.45, 2.75) is 13.3 Å². The maximum atomic E-state index is 11.7. The predicted octanol–water partition coefficient (Wildman–Crippen LogP) is 2.06. The van der Waals surface area contributed by atoms with Crippen LogP contribution >= 0.6 is 0 Å². The van der Waals surface area contributed by atoms with E-state index in [4.69, 9.17) is 4.74 Å². The van der Waals surface area contributed by atoms with E-state index in [-0.39, 0.29) is 6.09 Å². The molecule has 0 atom stereocenters. The Bertz CT molecular complexity index is 698. The maximum absolute atomic E-state index is 11.7. The van der Waals surface area contributed by atoms with E-state index in [0.717, 1.165) is 17.5 Å². The molecule has 0 fully saturated rings. The van der Waals surface area contributed by atoms with Crippen LogP contribution in [-0.2, 0) is 4.74 Å². The van der Waals surface area contributed by atoms with Gasteiger partial charge in [-0.05, 0) is 47.1 Å². The third-order valence-corrected chi connectivity index (χ3v) is 3.31. The highest BCUT2D eigenvalue weighted by molar-refractivity contribution is 5.77. The maximum Gasteiger partial charge on any atom is 0.417 e. The third-order valence-electron chi connectivity index (χ3n) is 3.31. The Morgan fingerprint density at radius 1 is 1.26 bits per heavy atom. The molecule has 0 spiro atoms. The number of benzene rings is 1. The SMILES string of the molecule is CCOC(=O)N1C=Cc2ccc3c(c2C=C1)=CCC=3. The lowest BCUT2D eigenvalue weighted by Crippen LogP contribution is -2.24. The molecule has 0 unspecified atom stereocenters. The van der Waals surface area contributed by atoms with Gasteiger partial charge in [-0.15, -0.1) is 0 Å². The molecule has 0 saturated heterocycles. The molecule has 96 valence electrons. The van der Waals surface area contributed by atoms with Crippen LogP contribution in [-0.4, -0.2) is 17.6 Å². The minimum absolute atomic E-state index is 0.352. The lowest BCUT2D eigenvalue weighted by atomic mass is 10.0. The van der Waals surface area contributed by atoms with Crippen LogP contribution in [0.25, 0.3) is 24.3 Å². The molecule has 1 aliphatic carbocycles. The number of nitrogens with zero attached hydrogens (tertiary/aromatic N) is 1. The number of hydrogen-bond acceptors (Lipinski definition) is 2. The molecule has 1 aliphatic heterocycles. The summed E-state index contributed by atoms with van der Waals surface area (Å²) in [4.78, 5) is 13.2. The average molecular weight is 253 g/mol. The summed E-state index contributed by atoms with van der Waals surface area (Å²) >= 11 is 0. The van der Waals surface area contributed by atoms with Gasteiger partial charge in [-0.3, -0.25) is 4.90 Å². The molecule has 1 aromatic carbocycles. The highest BCUT2D eigenvalue weighted by atomic mass is 16.5. The summed E-state index contributed by atoms with van der Waals surface area (Å²) in [5, 5.41) is 2.52. The summed E-state index contributed by atoms with van der Waals surface area (Å²) in [6.07, 6.45) is 12.5. The fourth-order valence-electron chi connectivity index (χ4n) is 2.40. The minimum atomic E-state index is -0.352. The van der Waals surface area contributed by atoms with Crippen molar-refractivity contribution < 1.29 is 9.53 Å². The highest BCUT2D eigenvalue weighted by Gasteiger charge is 2.12. The Kier molecular flexibility index (Phi) is 2.95. The van der Waals surface area contributed by atoms with Gasteiger partial charge in [0.25, 0.3) is 0 Å². The second kappa shape index (κ2) is 4.76. The molecule has 3 nitrogen and oxygen atoms in total. The lowest BCUT2D eigenvalue weighted by Gasteiger charge is -2.11. The first-order valence-corrected chi connectivity index (χ1v) is 6.44. The van der Waals surface area contributed by atoms with Crippen LogP contribution in [0.1, 0.15) is 24.5 Å². The van der Waals surface area contributed by atoms with Gasteiger partial charge in [0.2, 0.25) is 0 Å².